The summed E-state index contributed by atoms with van der Waals surface area (Å²) >= 11 is 0. The van der Waals surface area contributed by atoms with E-state index in [0.717, 1.165) is 47.3 Å². The maximum atomic E-state index is 12.6. The largest absolute Gasteiger partial charge is 0.349 e. The van der Waals surface area contributed by atoms with Crippen molar-refractivity contribution in [3.8, 4) is 11.3 Å². The number of rotatable bonds is 3. The number of aryl methyl sites for hydroxylation is 2. The fraction of sp³-hybridized carbons (Fsp3) is 0.300. The van der Waals surface area contributed by atoms with Gasteiger partial charge in [-0.25, -0.2) is 0 Å². The SMILES string of the molecule is Cc1cnnc(-c2ccc(C(=O)NC3CCc4cn[nH]c4C3)cc2)c1C. The van der Waals surface area contributed by atoms with Crippen LogP contribution in [0.5, 0.6) is 0 Å². The van der Waals surface area contributed by atoms with E-state index in [0.29, 0.717) is 5.56 Å². The Hall–Kier alpha value is -3.02. The number of carbonyl (C=O) groups excluding carboxylic acids is 1. The molecular weight excluding hydrogens is 326 g/mol. The summed E-state index contributed by atoms with van der Waals surface area (Å²) in [6, 6.07) is 7.69. The Balaban J connectivity index is 1.47. The number of benzene rings is 1. The Kier molecular flexibility index (Phi) is 4.24. The van der Waals surface area contributed by atoms with Crippen LogP contribution in [0.15, 0.2) is 36.7 Å². The Morgan fingerprint density at radius 2 is 2.00 bits per heavy atom. The van der Waals surface area contributed by atoms with Crippen LogP contribution in [0.2, 0.25) is 0 Å². The molecule has 1 aliphatic carbocycles. The predicted octanol–water partition coefficient (Wildman–Crippen LogP) is 2.77. The van der Waals surface area contributed by atoms with Crippen LogP contribution in [0.25, 0.3) is 11.3 Å². The number of H-pyrrole nitrogens is 1. The van der Waals surface area contributed by atoms with Gasteiger partial charge >= 0.3 is 0 Å². The molecule has 1 unspecified atom stereocenters. The van der Waals surface area contributed by atoms with E-state index in [9.17, 15) is 4.79 Å². The van der Waals surface area contributed by atoms with Crippen molar-refractivity contribution in [2.45, 2.75) is 39.2 Å². The molecule has 0 bridgehead atoms. The van der Waals surface area contributed by atoms with E-state index in [-0.39, 0.29) is 11.9 Å². The van der Waals surface area contributed by atoms with Gasteiger partial charge in [0.15, 0.2) is 0 Å². The Morgan fingerprint density at radius 3 is 2.81 bits per heavy atom. The van der Waals surface area contributed by atoms with Gasteiger partial charge in [0.25, 0.3) is 5.91 Å². The van der Waals surface area contributed by atoms with Crippen LogP contribution in [0.3, 0.4) is 0 Å². The average molecular weight is 347 g/mol. The van der Waals surface area contributed by atoms with Gasteiger partial charge in [-0.05, 0) is 55.5 Å². The first-order valence-electron chi connectivity index (χ1n) is 8.83. The zero-order valence-corrected chi connectivity index (χ0v) is 14.9. The van der Waals surface area contributed by atoms with Crippen LogP contribution >= 0.6 is 0 Å². The van der Waals surface area contributed by atoms with E-state index in [1.807, 2.05) is 44.3 Å². The summed E-state index contributed by atoms with van der Waals surface area (Å²) in [5.41, 5.74) is 7.08. The van der Waals surface area contributed by atoms with Crippen LogP contribution in [-0.4, -0.2) is 32.3 Å². The molecule has 0 radical (unpaired) electrons. The van der Waals surface area contributed by atoms with Gasteiger partial charge in [-0.1, -0.05) is 12.1 Å². The molecule has 0 saturated heterocycles. The number of aromatic amines is 1. The third kappa shape index (κ3) is 3.10. The quantitative estimate of drug-likeness (QED) is 0.763. The van der Waals surface area contributed by atoms with Crippen molar-refractivity contribution >= 4 is 5.91 Å². The van der Waals surface area contributed by atoms with Crippen molar-refractivity contribution in [3.05, 3.63) is 64.6 Å². The molecule has 2 aromatic heterocycles. The van der Waals surface area contributed by atoms with Gasteiger partial charge in [0.05, 0.1) is 18.1 Å². The minimum atomic E-state index is -0.0448. The molecule has 132 valence electrons. The highest BCUT2D eigenvalue weighted by molar-refractivity contribution is 5.94. The summed E-state index contributed by atoms with van der Waals surface area (Å²) in [7, 11) is 0. The number of hydrogen-bond acceptors (Lipinski definition) is 4. The number of nitrogens with zero attached hydrogens (tertiary/aromatic N) is 3. The summed E-state index contributed by atoms with van der Waals surface area (Å²) in [5, 5.41) is 18.5. The van der Waals surface area contributed by atoms with Crippen molar-refractivity contribution < 1.29 is 4.79 Å². The highest BCUT2D eigenvalue weighted by Gasteiger charge is 2.22. The van der Waals surface area contributed by atoms with E-state index in [4.69, 9.17) is 0 Å². The summed E-state index contributed by atoms with van der Waals surface area (Å²) in [6.07, 6.45) is 6.32. The van der Waals surface area contributed by atoms with Crippen molar-refractivity contribution in [1.29, 1.82) is 0 Å². The maximum absolute atomic E-state index is 12.6. The van der Waals surface area contributed by atoms with E-state index in [2.05, 4.69) is 25.7 Å². The molecule has 3 aromatic rings. The fourth-order valence-electron chi connectivity index (χ4n) is 3.39. The molecule has 1 aromatic carbocycles. The highest BCUT2D eigenvalue weighted by atomic mass is 16.1. The first-order valence-corrected chi connectivity index (χ1v) is 8.83. The first kappa shape index (κ1) is 16.4. The summed E-state index contributed by atoms with van der Waals surface area (Å²) in [6.45, 7) is 4.05. The molecule has 0 fully saturated rings. The van der Waals surface area contributed by atoms with Crippen LogP contribution in [0.1, 0.15) is 39.2 Å². The molecule has 2 N–H and O–H groups in total. The monoisotopic (exact) mass is 347 g/mol. The number of fused-ring (bicyclic) bond motifs is 1. The normalized spacial score (nSPS) is 16.2. The van der Waals surface area contributed by atoms with E-state index in [1.165, 1.54) is 5.56 Å². The molecule has 4 rings (SSSR count). The van der Waals surface area contributed by atoms with Crippen LogP contribution in [-0.2, 0) is 12.8 Å². The molecule has 0 saturated carbocycles. The topological polar surface area (TPSA) is 83.6 Å². The second-order valence-corrected chi connectivity index (χ2v) is 6.87. The maximum Gasteiger partial charge on any atom is 0.251 e. The number of carbonyl (C=O) groups is 1. The smallest absolute Gasteiger partial charge is 0.251 e. The highest BCUT2D eigenvalue weighted by Crippen LogP contribution is 2.23. The molecule has 0 spiro atoms. The summed E-state index contributed by atoms with van der Waals surface area (Å²) in [5.74, 6) is -0.0448. The molecule has 6 nitrogen and oxygen atoms in total. The molecular formula is C20H21N5O. The minimum Gasteiger partial charge on any atom is -0.349 e. The third-order valence-corrected chi connectivity index (χ3v) is 5.13. The molecule has 0 aliphatic heterocycles. The second kappa shape index (κ2) is 6.71. The number of nitrogens with one attached hydrogen (secondary N) is 2. The Labute approximate surface area is 152 Å². The lowest BCUT2D eigenvalue weighted by molar-refractivity contribution is 0.0933. The van der Waals surface area contributed by atoms with Crippen molar-refractivity contribution in [1.82, 2.24) is 25.7 Å². The van der Waals surface area contributed by atoms with Gasteiger partial charge in [-0.3, -0.25) is 9.89 Å². The van der Waals surface area contributed by atoms with Crippen LogP contribution in [0, 0.1) is 13.8 Å². The number of aromatic nitrogens is 4. The van der Waals surface area contributed by atoms with Gasteiger partial charge in [0.1, 0.15) is 0 Å². The Morgan fingerprint density at radius 1 is 1.19 bits per heavy atom. The Bertz CT molecular complexity index is 945. The van der Waals surface area contributed by atoms with Crippen LogP contribution < -0.4 is 5.32 Å². The zero-order valence-electron chi connectivity index (χ0n) is 14.9. The minimum absolute atomic E-state index is 0.0448. The zero-order chi connectivity index (χ0) is 18.1. The van der Waals surface area contributed by atoms with Crippen molar-refractivity contribution in [2.24, 2.45) is 0 Å². The van der Waals surface area contributed by atoms with E-state index in [1.54, 1.807) is 6.20 Å². The summed E-state index contributed by atoms with van der Waals surface area (Å²) < 4.78 is 0. The van der Waals surface area contributed by atoms with Gasteiger partial charge in [0.2, 0.25) is 0 Å². The molecule has 6 heteroatoms. The van der Waals surface area contributed by atoms with Gasteiger partial charge in [-0.2, -0.15) is 15.3 Å². The van der Waals surface area contributed by atoms with Gasteiger partial charge in [-0.15, -0.1) is 0 Å². The van der Waals surface area contributed by atoms with Gasteiger partial charge < -0.3 is 5.32 Å². The van der Waals surface area contributed by atoms with Crippen molar-refractivity contribution in [3.63, 3.8) is 0 Å². The average Bonchev–Trinajstić information content (AvgIpc) is 3.12. The molecule has 1 atom stereocenters. The number of hydrogen-bond donors (Lipinski definition) is 2. The first-order chi connectivity index (χ1) is 12.6. The fourth-order valence-corrected chi connectivity index (χ4v) is 3.39. The van der Waals surface area contributed by atoms with Gasteiger partial charge in [0, 0.05) is 29.3 Å². The standard InChI is InChI=1S/C20H21N5O/c1-12-10-21-25-19(13(12)2)14-3-5-15(6-4-14)20(26)23-17-8-7-16-11-22-24-18(16)9-17/h3-6,10-11,17H,7-9H2,1-2H3,(H,22,24)(H,23,26). The number of amides is 1. The lowest BCUT2D eigenvalue weighted by Crippen LogP contribution is -2.38. The van der Waals surface area contributed by atoms with Crippen LogP contribution in [0.4, 0.5) is 0 Å². The molecule has 1 amide bonds. The lowest BCUT2D eigenvalue weighted by Gasteiger charge is -2.22. The third-order valence-electron chi connectivity index (χ3n) is 5.13. The van der Waals surface area contributed by atoms with E-state index < -0.39 is 0 Å². The predicted molar refractivity (Wildman–Crippen MR) is 98.8 cm³/mol. The second-order valence-electron chi connectivity index (χ2n) is 6.87. The molecule has 26 heavy (non-hydrogen) atoms. The van der Waals surface area contributed by atoms with Crippen molar-refractivity contribution in [2.75, 3.05) is 0 Å². The molecule has 2 heterocycles. The van der Waals surface area contributed by atoms with E-state index >= 15 is 0 Å². The molecule has 1 aliphatic rings. The summed E-state index contributed by atoms with van der Waals surface area (Å²) in [4.78, 5) is 12.6. The lowest BCUT2D eigenvalue weighted by atomic mass is 9.93.